The van der Waals surface area contributed by atoms with Crippen LogP contribution in [0.4, 0.5) is 13.2 Å². The summed E-state index contributed by atoms with van der Waals surface area (Å²) in [4.78, 5) is 12.2. The average Bonchev–Trinajstić information content (AvgIpc) is 3.04. The molecule has 3 aromatic rings. The molecule has 0 aliphatic heterocycles. The third-order valence-electron chi connectivity index (χ3n) is 4.80. The Morgan fingerprint density at radius 2 is 1.94 bits per heavy atom. The molecule has 8 nitrogen and oxygen atoms in total. The predicted octanol–water partition coefficient (Wildman–Crippen LogP) is 4.46. The summed E-state index contributed by atoms with van der Waals surface area (Å²) in [6.45, 7) is 6.29. The Morgan fingerprint density at radius 1 is 1.28 bits per heavy atom. The van der Waals surface area contributed by atoms with Gasteiger partial charge in [0.1, 0.15) is 23.2 Å². The van der Waals surface area contributed by atoms with Crippen LogP contribution >= 0.6 is 0 Å². The van der Waals surface area contributed by atoms with Crippen LogP contribution in [-0.2, 0) is 23.0 Å². The number of rotatable bonds is 5. The Labute approximate surface area is 183 Å². The summed E-state index contributed by atoms with van der Waals surface area (Å²) in [5.74, 6) is 0.289. The zero-order valence-corrected chi connectivity index (χ0v) is 18.9. The standard InChI is InChI=1S/C20H21F3N6O2S/c1-6-32(25,30)15-8-14(31-19(3,4)10-24)11(2)27-17(15)18-28-12-7-16(20(21,22)23)26-9-13(12)29(18)5/h7-9,25H,6H2,1-5H3/t32-/m0/s1. The zero-order chi connectivity index (χ0) is 24.1. The van der Waals surface area contributed by atoms with E-state index in [2.05, 4.69) is 15.0 Å². The first-order chi connectivity index (χ1) is 14.7. The number of alkyl halides is 3. The number of pyridine rings is 2. The molecular weight excluding hydrogens is 445 g/mol. The number of nitriles is 1. The number of fused-ring (bicyclic) bond motifs is 1. The van der Waals surface area contributed by atoms with Gasteiger partial charge >= 0.3 is 6.18 Å². The molecule has 0 radical (unpaired) electrons. The molecule has 0 fully saturated rings. The molecular formula is C20H21F3N6O2S. The van der Waals surface area contributed by atoms with Gasteiger partial charge in [-0.1, -0.05) is 6.92 Å². The van der Waals surface area contributed by atoms with E-state index < -0.39 is 27.2 Å². The van der Waals surface area contributed by atoms with Crippen LogP contribution in [0.5, 0.6) is 5.75 Å². The number of aryl methyl sites for hydroxylation is 2. The number of halogens is 3. The maximum absolute atomic E-state index is 13.1. The van der Waals surface area contributed by atoms with Crippen molar-refractivity contribution in [3.05, 3.63) is 29.7 Å². The lowest BCUT2D eigenvalue weighted by atomic mass is 10.1. The van der Waals surface area contributed by atoms with Gasteiger partial charge in [-0.25, -0.2) is 23.9 Å². The van der Waals surface area contributed by atoms with Gasteiger partial charge in [-0.3, -0.25) is 0 Å². The lowest BCUT2D eigenvalue weighted by Gasteiger charge is -2.21. The van der Waals surface area contributed by atoms with Gasteiger partial charge in [0.2, 0.25) is 0 Å². The van der Waals surface area contributed by atoms with E-state index in [4.69, 9.17) is 9.52 Å². The van der Waals surface area contributed by atoms with Gasteiger partial charge in [0, 0.05) is 18.9 Å². The Hall–Kier alpha value is -3.20. The smallest absolute Gasteiger partial charge is 0.433 e. The largest absolute Gasteiger partial charge is 0.471 e. The van der Waals surface area contributed by atoms with Crippen LogP contribution in [0.1, 0.15) is 32.2 Å². The lowest BCUT2D eigenvalue weighted by Crippen LogP contribution is -2.26. The number of aromatic nitrogens is 4. The van der Waals surface area contributed by atoms with Crippen molar-refractivity contribution < 1.29 is 22.1 Å². The highest BCUT2D eigenvalue weighted by Gasteiger charge is 2.33. The van der Waals surface area contributed by atoms with Gasteiger partial charge in [-0.2, -0.15) is 18.4 Å². The number of hydrogen-bond acceptors (Lipinski definition) is 7. The summed E-state index contributed by atoms with van der Waals surface area (Å²) in [5.41, 5.74) is -1.48. The van der Waals surface area contributed by atoms with Gasteiger partial charge in [0.25, 0.3) is 0 Å². The first kappa shape index (κ1) is 23.5. The Bertz CT molecular complexity index is 1350. The summed E-state index contributed by atoms with van der Waals surface area (Å²) < 4.78 is 67.8. The fourth-order valence-corrected chi connectivity index (χ4v) is 4.05. The summed E-state index contributed by atoms with van der Waals surface area (Å²) in [6.07, 6.45) is -3.57. The molecule has 0 aliphatic carbocycles. The van der Waals surface area contributed by atoms with Crippen molar-refractivity contribution in [3.63, 3.8) is 0 Å². The van der Waals surface area contributed by atoms with Crippen molar-refractivity contribution in [2.45, 2.75) is 44.4 Å². The molecule has 0 spiro atoms. The number of nitrogens with zero attached hydrogens (tertiary/aromatic N) is 5. The Kier molecular flexibility index (Phi) is 5.67. The van der Waals surface area contributed by atoms with Crippen LogP contribution < -0.4 is 4.74 Å². The number of nitrogens with one attached hydrogen (secondary N) is 1. The topological polar surface area (TPSA) is 118 Å². The predicted molar refractivity (Wildman–Crippen MR) is 111 cm³/mol. The number of imidazole rings is 1. The van der Waals surface area contributed by atoms with Crippen molar-refractivity contribution in [1.29, 1.82) is 10.0 Å². The van der Waals surface area contributed by atoms with Gasteiger partial charge in [0.05, 0.1) is 37.5 Å². The SMILES string of the molecule is CC[S@](=N)(=O)c1cc(OC(C)(C)C#N)c(C)nc1-c1nc2cc(C(F)(F)F)ncc2n1C. The maximum atomic E-state index is 13.1. The van der Waals surface area contributed by atoms with Crippen molar-refractivity contribution in [3.8, 4) is 23.3 Å². The highest BCUT2D eigenvalue weighted by atomic mass is 32.2. The molecule has 0 saturated heterocycles. The van der Waals surface area contributed by atoms with E-state index in [0.29, 0.717) is 11.2 Å². The molecule has 1 N–H and O–H groups in total. The van der Waals surface area contributed by atoms with Gasteiger partial charge in [0.15, 0.2) is 11.4 Å². The summed E-state index contributed by atoms with van der Waals surface area (Å²) in [7, 11) is -1.77. The van der Waals surface area contributed by atoms with Crippen LogP contribution in [0.25, 0.3) is 22.6 Å². The molecule has 1 atom stereocenters. The zero-order valence-electron chi connectivity index (χ0n) is 18.0. The third kappa shape index (κ3) is 4.25. The van der Waals surface area contributed by atoms with Crippen molar-refractivity contribution in [2.24, 2.45) is 7.05 Å². The maximum Gasteiger partial charge on any atom is 0.433 e. The van der Waals surface area contributed by atoms with E-state index in [-0.39, 0.29) is 33.4 Å². The minimum absolute atomic E-state index is 0.0248. The molecule has 0 amide bonds. The second-order valence-corrected chi connectivity index (χ2v) is 10.0. The molecule has 170 valence electrons. The summed E-state index contributed by atoms with van der Waals surface area (Å²) in [5, 5.41) is 9.26. The normalized spacial score (nSPS) is 14.2. The summed E-state index contributed by atoms with van der Waals surface area (Å²) >= 11 is 0. The van der Waals surface area contributed by atoms with Gasteiger partial charge in [-0.05, 0) is 26.8 Å². The Balaban J connectivity index is 2.29. The van der Waals surface area contributed by atoms with Crippen LogP contribution in [0, 0.1) is 23.0 Å². The monoisotopic (exact) mass is 466 g/mol. The molecule has 0 aliphatic rings. The van der Waals surface area contributed by atoms with Crippen LogP contribution in [0.2, 0.25) is 0 Å². The van der Waals surface area contributed by atoms with E-state index in [1.54, 1.807) is 34.7 Å². The first-order valence-corrected chi connectivity index (χ1v) is 11.2. The first-order valence-electron chi connectivity index (χ1n) is 9.48. The van der Waals surface area contributed by atoms with Crippen molar-refractivity contribution >= 4 is 20.8 Å². The average molecular weight is 466 g/mol. The highest BCUT2D eigenvalue weighted by Crippen LogP contribution is 2.35. The van der Waals surface area contributed by atoms with Crippen LogP contribution in [0.15, 0.2) is 23.2 Å². The third-order valence-corrected chi connectivity index (χ3v) is 6.63. The van der Waals surface area contributed by atoms with Crippen molar-refractivity contribution in [2.75, 3.05) is 5.75 Å². The molecule has 12 heteroatoms. The minimum atomic E-state index is -4.63. The molecule has 0 bridgehead atoms. The van der Waals surface area contributed by atoms with E-state index in [1.807, 2.05) is 6.07 Å². The second kappa shape index (κ2) is 7.74. The molecule has 0 saturated carbocycles. The van der Waals surface area contributed by atoms with E-state index >= 15 is 0 Å². The van der Waals surface area contributed by atoms with Gasteiger partial charge in [-0.15, -0.1) is 0 Å². The molecule has 0 unspecified atom stereocenters. The molecule has 3 heterocycles. The lowest BCUT2D eigenvalue weighted by molar-refractivity contribution is -0.141. The number of ether oxygens (including phenoxy) is 1. The second-order valence-electron chi connectivity index (χ2n) is 7.66. The molecule has 0 aromatic carbocycles. The van der Waals surface area contributed by atoms with Crippen LogP contribution in [-0.4, -0.2) is 35.1 Å². The Morgan fingerprint density at radius 3 is 2.50 bits per heavy atom. The van der Waals surface area contributed by atoms with E-state index in [1.165, 1.54) is 10.6 Å². The fourth-order valence-electron chi connectivity index (χ4n) is 2.99. The molecule has 3 aromatic heterocycles. The van der Waals surface area contributed by atoms with Crippen LogP contribution in [0.3, 0.4) is 0 Å². The highest BCUT2D eigenvalue weighted by molar-refractivity contribution is 7.92. The fraction of sp³-hybridized carbons (Fsp3) is 0.400. The quantitative estimate of drug-likeness (QED) is 0.593. The minimum Gasteiger partial charge on any atom is -0.471 e. The van der Waals surface area contributed by atoms with E-state index in [0.717, 1.165) is 12.3 Å². The van der Waals surface area contributed by atoms with Crippen molar-refractivity contribution in [1.82, 2.24) is 19.5 Å². The molecule has 32 heavy (non-hydrogen) atoms. The summed E-state index contributed by atoms with van der Waals surface area (Å²) in [6, 6.07) is 4.22. The number of hydrogen-bond donors (Lipinski definition) is 1. The van der Waals surface area contributed by atoms with E-state index in [9.17, 15) is 22.6 Å². The molecule has 3 rings (SSSR count). The van der Waals surface area contributed by atoms with Gasteiger partial charge < -0.3 is 9.30 Å².